The van der Waals surface area contributed by atoms with Crippen LogP contribution in [0.5, 0.6) is 5.75 Å². The highest BCUT2D eigenvalue weighted by Gasteiger charge is 2.11. The van der Waals surface area contributed by atoms with Crippen LogP contribution in [0.2, 0.25) is 0 Å². The van der Waals surface area contributed by atoms with Gasteiger partial charge >= 0.3 is 0 Å². The number of rotatable bonds is 9. The lowest BCUT2D eigenvalue weighted by molar-refractivity contribution is 0.415. The first-order valence-corrected chi connectivity index (χ1v) is 8.04. The number of hydrogen-bond donors (Lipinski definition) is 1. The quantitative estimate of drug-likeness (QED) is 0.719. The molecular weight excluding hydrogens is 262 g/mol. The number of likely N-dealkylation sites (N-methyl/N-ethyl adjacent to an activating group) is 1. The molecule has 1 N–H and O–H groups in total. The van der Waals surface area contributed by atoms with E-state index < -0.39 is 0 Å². The number of imidazole rings is 1. The van der Waals surface area contributed by atoms with Crippen molar-refractivity contribution in [3.63, 3.8) is 0 Å². The molecule has 2 aromatic rings. The smallest absolute Gasteiger partial charge is 0.121 e. The summed E-state index contributed by atoms with van der Waals surface area (Å²) in [5.74, 6) is 2.05. The Morgan fingerprint density at radius 2 is 2.10 bits per heavy atom. The zero-order valence-electron chi connectivity index (χ0n) is 13.5. The Morgan fingerprint density at radius 1 is 1.24 bits per heavy atom. The van der Waals surface area contributed by atoms with E-state index in [4.69, 9.17) is 9.72 Å². The summed E-state index contributed by atoms with van der Waals surface area (Å²) in [5.41, 5.74) is 2.26. The predicted octanol–water partition coefficient (Wildman–Crippen LogP) is 3.39. The molecule has 0 spiro atoms. The Kier molecular flexibility index (Phi) is 6.05. The standard InChI is InChI=1S/C17H27N3O/c1-4-6-7-12-20-16-9-8-14(21-3)13-15(16)19-17(20)10-11-18-5-2/h8-9,13,18H,4-7,10-12H2,1-3H3. The molecule has 0 aliphatic carbocycles. The Balaban J connectivity index is 2.26. The van der Waals surface area contributed by atoms with Gasteiger partial charge < -0.3 is 14.6 Å². The maximum atomic E-state index is 5.31. The van der Waals surface area contributed by atoms with Crippen LogP contribution in [0.4, 0.5) is 0 Å². The molecule has 1 aromatic carbocycles. The minimum absolute atomic E-state index is 0.874. The van der Waals surface area contributed by atoms with Crippen LogP contribution in [0.3, 0.4) is 0 Å². The van der Waals surface area contributed by atoms with Gasteiger partial charge in [-0.05, 0) is 25.1 Å². The van der Waals surface area contributed by atoms with Gasteiger partial charge in [0.1, 0.15) is 11.6 Å². The van der Waals surface area contributed by atoms with Crippen molar-refractivity contribution in [1.29, 1.82) is 0 Å². The Hall–Kier alpha value is -1.55. The topological polar surface area (TPSA) is 39.1 Å². The van der Waals surface area contributed by atoms with E-state index >= 15 is 0 Å². The van der Waals surface area contributed by atoms with E-state index in [0.717, 1.165) is 37.3 Å². The molecule has 0 atom stereocenters. The van der Waals surface area contributed by atoms with Gasteiger partial charge in [0.2, 0.25) is 0 Å². The molecule has 0 bridgehead atoms. The van der Waals surface area contributed by atoms with E-state index in [1.54, 1.807) is 7.11 Å². The SMILES string of the molecule is CCCCCn1c(CCNCC)nc2cc(OC)ccc21. The van der Waals surface area contributed by atoms with Crippen molar-refractivity contribution in [3.8, 4) is 5.75 Å². The number of methoxy groups -OCH3 is 1. The molecule has 0 radical (unpaired) electrons. The second-order valence-electron chi connectivity index (χ2n) is 5.34. The van der Waals surface area contributed by atoms with E-state index in [9.17, 15) is 0 Å². The van der Waals surface area contributed by atoms with Gasteiger partial charge in [0.05, 0.1) is 18.1 Å². The van der Waals surface area contributed by atoms with Gasteiger partial charge in [0.15, 0.2) is 0 Å². The fourth-order valence-corrected chi connectivity index (χ4v) is 2.62. The molecule has 1 heterocycles. The number of ether oxygens (including phenoxy) is 1. The number of unbranched alkanes of at least 4 members (excludes halogenated alkanes) is 2. The molecule has 4 nitrogen and oxygen atoms in total. The molecule has 0 aliphatic heterocycles. The van der Waals surface area contributed by atoms with Crippen LogP contribution in [0.15, 0.2) is 18.2 Å². The first kappa shape index (κ1) is 15.8. The third-order valence-electron chi connectivity index (χ3n) is 3.80. The molecule has 0 saturated heterocycles. The molecule has 2 rings (SSSR count). The van der Waals surface area contributed by atoms with Crippen LogP contribution in [0, 0.1) is 0 Å². The molecule has 0 aliphatic rings. The minimum Gasteiger partial charge on any atom is -0.497 e. The van der Waals surface area contributed by atoms with E-state index in [1.807, 2.05) is 12.1 Å². The van der Waals surface area contributed by atoms with Crippen LogP contribution in [-0.4, -0.2) is 29.8 Å². The van der Waals surface area contributed by atoms with E-state index in [0.29, 0.717) is 0 Å². The average molecular weight is 289 g/mol. The summed E-state index contributed by atoms with van der Waals surface area (Å²) in [7, 11) is 1.70. The van der Waals surface area contributed by atoms with Crippen LogP contribution in [-0.2, 0) is 13.0 Å². The van der Waals surface area contributed by atoms with Gasteiger partial charge in [-0.3, -0.25) is 0 Å². The molecule has 0 saturated carbocycles. The van der Waals surface area contributed by atoms with Crippen LogP contribution in [0.1, 0.15) is 38.9 Å². The molecule has 0 unspecified atom stereocenters. The normalized spacial score (nSPS) is 11.2. The molecule has 1 aromatic heterocycles. The highest BCUT2D eigenvalue weighted by Crippen LogP contribution is 2.22. The number of fused-ring (bicyclic) bond motifs is 1. The summed E-state index contributed by atoms with van der Waals surface area (Å²) in [6.45, 7) is 7.41. The number of benzene rings is 1. The van der Waals surface area contributed by atoms with Crippen molar-refractivity contribution in [1.82, 2.24) is 14.9 Å². The molecule has 21 heavy (non-hydrogen) atoms. The van der Waals surface area contributed by atoms with Crippen molar-refractivity contribution in [3.05, 3.63) is 24.0 Å². The average Bonchev–Trinajstić information content (AvgIpc) is 2.85. The third kappa shape index (κ3) is 3.97. The number of aromatic nitrogens is 2. The summed E-state index contributed by atoms with van der Waals surface area (Å²) in [5, 5.41) is 3.38. The van der Waals surface area contributed by atoms with Crippen LogP contribution in [0.25, 0.3) is 11.0 Å². The largest absolute Gasteiger partial charge is 0.497 e. The highest BCUT2D eigenvalue weighted by atomic mass is 16.5. The van der Waals surface area contributed by atoms with Gasteiger partial charge in [-0.25, -0.2) is 4.98 Å². The van der Waals surface area contributed by atoms with Crippen molar-refractivity contribution >= 4 is 11.0 Å². The van der Waals surface area contributed by atoms with Crippen molar-refractivity contribution in [2.45, 2.75) is 46.1 Å². The molecule has 4 heteroatoms. The second-order valence-corrected chi connectivity index (χ2v) is 5.34. The molecular formula is C17H27N3O. The van der Waals surface area contributed by atoms with Crippen molar-refractivity contribution in [2.75, 3.05) is 20.2 Å². The van der Waals surface area contributed by atoms with Crippen LogP contribution < -0.4 is 10.1 Å². The minimum atomic E-state index is 0.874. The zero-order chi connectivity index (χ0) is 15.1. The summed E-state index contributed by atoms with van der Waals surface area (Å²) in [4.78, 5) is 4.81. The van der Waals surface area contributed by atoms with Crippen molar-refractivity contribution < 1.29 is 4.74 Å². The number of hydrogen-bond acceptors (Lipinski definition) is 3. The molecule has 0 fully saturated rings. The number of nitrogens with zero attached hydrogens (tertiary/aromatic N) is 2. The second kappa shape index (κ2) is 8.03. The fraction of sp³-hybridized carbons (Fsp3) is 0.588. The monoisotopic (exact) mass is 289 g/mol. The van der Waals surface area contributed by atoms with E-state index in [-0.39, 0.29) is 0 Å². The Labute approximate surface area is 127 Å². The number of aryl methyl sites for hydroxylation is 1. The number of nitrogens with one attached hydrogen (secondary N) is 1. The molecule has 0 amide bonds. The van der Waals surface area contributed by atoms with Gasteiger partial charge in [-0.2, -0.15) is 0 Å². The summed E-state index contributed by atoms with van der Waals surface area (Å²) >= 11 is 0. The first-order valence-electron chi connectivity index (χ1n) is 8.04. The fourth-order valence-electron chi connectivity index (χ4n) is 2.62. The predicted molar refractivity (Wildman–Crippen MR) is 88.1 cm³/mol. The zero-order valence-corrected chi connectivity index (χ0v) is 13.5. The third-order valence-corrected chi connectivity index (χ3v) is 3.80. The van der Waals surface area contributed by atoms with Gasteiger partial charge in [0, 0.05) is 25.6 Å². The van der Waals surface area contributed by atoms with Gasteiger partial charge in [-0.1, -0.05) is 26.7 Å². The van der Waals surface area contributed by atoms with Crippen molar-refractivity contribution in [2.24, 2.45) is 0 Å². The molecule has 116 valence electrons. The van der Waals surface area contributed by atoms with Gasteiger partial charge in [0.25, 0.3) is 0 Å². The Morgan fingerprint density at radius 3 is 2.81 bits per heavy atom. The van der Waals surface area contributed by atoms with Crippen LogP contribution >= 0.6 is 0 Å². The lowest BCUT2D eigenvalue weighted by Crippen LogP contribution is -2.18. The van der Waals surface area contributed by atoms with Gasteiger partial charge in [-0.15, -0.1) is 0 Å². The maximum absolute atomic E-state index is 5.31. The lowest BCUT2D eigenvalue weighted by atomic mass is 10.2. The van der Waals surface area contributed by atoms with E-state index in [2.05, 4.69) is 29.8 Å². The van der Waals surface area contributed by atoms with E-state index in [1.165, 1.54) is 30.6 Å². The summed E-state index contributed by atoms with van der Waals surface area (Å²) in [6.07, 6.45) is 4.69. The maximum Gasteiger partial charge on any atom is 0.121 e. The Bertz CT molecular complexity index is 562. The highest BCUT2D eigenvalue weighted by molar-refractivity contribution is 5.77. The first-order chi connectivity index (χ1) is 10.3. The summed E-state index contributed by atoms with van der Waals surface area (Å²) < 4.78 is 7.68. The lowest BCUT2D eigenvalue weighted by Gasteiger charge is -2.09. The summed E-state index contributed by atoms with van der Waals surface area (Å²) in [6, 6.07) is 6.18.